The average Bonchev–Trinajstić information content (AvgIpc) is 3.47. The van der Waals surface area contributed by atoms with Gasteiger partial charge in [-0.25, -0.2) is 14.4 Å². The number of aliphatic carboxylic acids is 2. The van der Waals surface area contributed by atoms with E-state index in [1.807, 2.05) is 97.1 Å². The van der Waals surface area contributed by atoms with Crippen LogP contribution in [-0.4, -0.2) is 195 Å². The van der Waals surface area contributed by atoms with Crippen LogP contribution in [0.25, 0.3) is 0 Å². The Labute approximate surface area is 468 Å². The third-order valence-electron chi connectivity index (χ3n) is 15.0. The monoisotopic (exact) mass is 1140 g/mol. The van der Waals surface area contributed by atoms with Gasteiger partial charge in [0.15, 0.2) is 37.4 Å². The number of ether oxygens (including phenoxy) is 11. The molecule has 20 atom stereocenters. The molecule has 8 rings (SSSR count). The molecular formula is C58H73NO22. The van der Waals surface area contributed by atoms with Crippen LogP contribution in [0.2, 0.25) is 0 Å². The van der Waals surface area contributed by atoms with Crippen LogP contribution in [0.3, 0.4) is 0 Å². The predicted molar refractivity (Wildman–Crippen MR) is 280 cm³/mol. The van der Waals surface area contributed by atoms with E-state index < -0.39 is 140 Å². The Morgan fingerprint density at radius 1 is 0.457 bits per heavy atom. The van der Waals surface area contributed by atoms with Crippen LogP contribution in [0.4, 0.5) is 4.79 Å². The molecule has 1 amide bonds. The van der Waals surface area contributed by atoms with E-state index in [4.69, 9.17) is 52.1 Å². The Hall–Kier alpha value is -5.55. The number of rotatable bonds is 24. The fourth-order valence-corrected chi connectivity index (χ4v) is 10.2. The van der Waals surface area contributed by atoms with Crippen molar-refractivity contribution in [2.24, 2.45) is 17.8 Å². The summed E-state index contributed by atoms with van der Waals surface area (Å²) in [6.07, 6.45) is -29.2. The molecule has 23 nitrogen and oxygen atoms in total. The number of nitrogens with zero attached hydrogens (tertiary/aromatic N) is 1. The second-order valence-corrected chi connectivity index (χ2v) is 20.8. The van der Waals surface area contributed by atoms with Crippen molar-refractivity contribution in [3.05, 3.63) is 144 Å². The van der Waals surface area contributed by atoms with E-state index in [0.717, 1.165) is 22.3 Å². The van der Waals surface area contributed by atoms with Gasteiger partial charge in [0, 0.05) is 19.0 Å². The first-order valence-corrected chi connectivity index (χ1v) is 27.0. The second kappa shape index (κ2) is 29.1. The fourth-order valence-electron chi connectivity index (χ4n) is 10.2. The summed E-state index contributed by atoms with van der Waals surface area (Å²) in [5, 5.41) is 90.7. The molecular weight excluding hydrogens is 1060 g/mol. The number of benzene rings is 4. The Morgan fingerprint density at radius 2 is 0.864 bits per heavy atom. The topological polar surface area (TPSA) is 318 Å². The summed E-state index contributed by atoms with van der Waals surface area (Å²) < 4.78 is 66.3. The van der Waals surface area contributed by atoms with E-state index in [0.29, 0.717) is 0 Å². The van der Waals surface area contributed by atoms with E-state index in [2.05, 4.69) is 0 Å². The molecule has 0 aliphatic carbocycles. The van der Waals surface area contributed by atoms with Crippen LogP contribution in [-0.2, 0) is 88.1 Å². The largest absolute Gasteiger partial charge is 0.479 e. The van der Waals surface area contributed by atoms with E-state index in [-0.39, 0.29) is 52.7 Å². The quantitative estimate of drug-likeness (QED) is 0.0500. The van der Waals surface area contributed by atoms with Crippen molar-refractivity contribution in [1.82, 2.24) is 4.90 Å². The molecule has 0 saturated carbocycles. The van der Waals surface area contributed by atoms with Gasteiger partial charge >= 0.3 is 18.0 Å². The number of carboxylic acids is 2. The van der Waals surface area contributed by atoms with Crippen molar-refractivity contribution in [3.8, 4) is 0 Å². The van der Waals surface area contributed by atoms with Crippen molar-refractivity contribution in [2.45, 2.75) is 152 Å². The van der Waals surface area contributed by atoms with Gasteiger partial charge in [-0.1, -0.05) is 142 Å². The average molecular weight is 1140 g/mol. The van der Waals surface area contributed by atoms with Crippen LogP contribution in [0.15, 0.2) is 121 Å². The lowest BCUT2D eigenvalue weighted by molar-refractivity contribution is -0.381. The van der Waals surface area contributed by atoms with Crippen LogP contribution in [0.5, 0.6) is 0 Å². The third-order valence-corrected chi connectivity index (χ3v) is 15.0. The minimum absolute atomic E-state index is 0.00870. The first-order valence-electron chi connectivity index (χ1n) is 27.0. The number of carbonyl (C=O) groups is 3. The zero-order chi connectivity index (χ0) is 57.7. The Bertz CT molecular complexity index is 2560. The van der Waals surface area contributed by atoms with Gasteiger partial charge in [-0.3, -0.25) is 0 Å². The molecule has 4 aliphatic rings. The van der Waals surface area contributed by atoms with Crippen molar-refractivity contribution >= 4 is 18.0 Å². The number of amides is 1. The highest BCUT2D eigenvalue weighted by atomic mass is 16.8. The van der Waals surface area contributed by atoms with Gasteiger partial charge in [-0.15, -0.1) is 0 Å². The Kier molecular flexibility index (Phi) is 22.1. The number of carboxylic acid groups (broad SMARTS) is 2. The predicted octanol–water partition coefficient (Wildman–Crippen LogP) is 2.57. The lowest BCUT2D eigenvalue weighted by Gasteiger charge is -2.49. The zero-order valence-corrected chi connectivity index (χ0v) is 45.0. The third kappa shape index (κ3) is 15.8. The molecule has 442 valence electrons. The molecule has 4 aromatic carbocycles. The van der Waals surface area contributed by atoms with Crippen LogP contribution < -0.4 is 0 Å². The molecule has 23 heteroatoms. The van der Waals surface area contributed by atoms with E-state index >= 15 is 0 Å². The summed E-state index contributed by atoms with van der Waals surface area (Å²) >= 11 is 0. The molecule has 0 bridgehead atoms. The highest BCUT2D eigenvalue weighted by Crippen LogP contribution is 2.38. The van der Waals surface area contributed by atoms with E-state index in [1.54, 1.807) is 38.1 Å². The van der Waals surface area contributed by atoms with Gasteiger partial charge in [-0.2, -0.15) is 0 Å². The van der Waals surface area contributed by atoms with E-state index in [9.17, 15) is 55.2 Å². The van der Waals surface area contributed by atoms with Crippen LogP contribution in [0, 0.1) is 17.8 Å². The van der Waals surface area contributed by atoms with Crippen LogP contribution in [0.1, 0.15) is 43.0 Å². The maximum Gasteiger partial charge on any atom is 0.410 e. The first kappa shape index (κ1) is 61.5. The molecule has 0 radical (unpaired) electrons. The summed E-state index contributed by atoms with van der Waals surface area (Å²) in [4.78, 5) is 40.0. The minimum atomic E-state index is -2.00. The van der Waals surface area contributed by atoms with E-state index in [1.165, 1.54) is 11.8 Å². The van der Waals surface area contributed by atoms with Gasteiger partial charge in [0.2, 0.25) is 0 Å². The van der Waals surface area contributed by atoms with Gasteiger partial charge in [0.1, 0.15) is 67.6 Å². The molecule has 81 heavy (non-hydrogen) atoms. The van der Waals surface area contributed by atoms with Gasteiger partial charge in [0.05, 0.1) is 39.1 Å². The van der Waals surface area contributed by atoms with Crippen molar-refractivity contribution in [1.29, 1.82) is 0 Å². The number of aliphatic hydroxyl groups excluding tert-OH is 6. The highest BCUT2D eigenvalue weighted by molar-refractivity contribution is 5.73. The summed E-state index contributed by atoms with van der Waals surface area (Å²) in [5.74, 6) is -5.34. The highest BCUT2D eigenvalue weighted by Gasteiger charge is 2.56. The van der Waals surface area contributed by atoms with Crippen LogP contribution >= 0.6 is 0 Å². The molecule has 4 aliphatic heterocycles. The smallest absolute Gasteiger partial charge is 0.410 e. The SMILES string of the molecule is CC1C(C(=O)O)OC(OC2C(COCc3ccccc3)OC(OC3C(C)C(C(=O)O)OC(OC4C(COCc5ccccc5)OC(OCCN(Cc5ccccc5)C(=O)OCc5ccccc5)C(O)C4O)C3O)C(O)C2O)C(O)C1C. The van der Waals surface area contributed by atoms with Crippen molar-refractivity contribution in [2.75, 3.05) is 26.4 Å². The number of hydrogen-bond acceptors (Lipinski definition) is 20. The Balaban J connectivity index is 0.983. The number of carbonyl (C=O) groups excluding carboxylic acids is 1. The normalized spacial score (nSPS) is 34.2. The fraction of sp³-hybridized carbons (Fsp3) is 0.534. The standard InChI is InChI=1S/C58H73NO22/c1-32-33(2)48(52(66)67)78-55(41(32)60)80-51-40(31-72-28-37-20-12-6-13-21-37)76-56(45(64)43(51)62)77-47-34(3)49(53(68)69)79-57(46(47)65)81-50-39(30-71-27-36-18-10-5-11-19-36)75-54(44(63)42(50)61)73-25-24-59(26-35-16-8-4-9-17-35)58(70)74-29-38-22-14-7-15-23-38/h4-23,32-34,39-51,54-57,60-65H,24-31H2,1-3H3,(H,66,67)(H,68,69). The molecule has 4 saturated heterocycles. The molecule has 4 aromatic rings. The molecule has 8 N–H and O–H groups in total. The molecule has 0 spiro atoms. The molecule has 4 heterocycles. The minimum Gasteiger partial charge on any atom is -0.479 e. The first-order chi connectivity index (χ1) is 39.0. The van der Waals surface area contributed by atoms with Crippen molar-refractivity contribution < 1.29 is 107 Å². The Morgan fingerprint density at radius 3 is 1.36 bits per heavy atom. The maximum atomic E-state index is 13.5. The number of aliphatic hydroxyl groups is 6. The van der Waals surface area contributed by atoms with Gasteiger partial charge in [0.25, 0.3) is 0 Å². The molecule has 4 fully saturated rings. The summed E-state index contributed by atoms with van der Waals surface area (Å²) in [6.45, 7) is 3.94. The van der Waals surface area contributed by atoms with Gasteiger partial charge in [-0.05, 0) is 34.1 Å². The number of hydrogen-bond donors (Lipinski definition) is 8. The molecule has 20 unspecified atom stereocenters. The summed E-state index contributed by atoms with van der Waals surface area (Å²) in [5.41, 5.74) is 3.11. The maximum absolute atomic E-state index is 13.5. The zero-order valence-electron chi connectivity index (χ0n) is 45.0. The molecule has 0 aromatic heterocycles. The summed E-state index contributed by atoms with van der Waals surface area (Å²) in [7, 11) is 0. The summed E-state index contributed by atoms with van der Waals surface area (Å²) in [6, 6.07) is 36.4. The van der Waals surface area contributed by atoms with Gasteiger partial charge < -0.3 is 97.9 Å². The second-order valence-electron chi connectivity index (χ2n) is 20.8. The van der Waals surface area contributed by atoms with Crippen molar-refractivity contribution in [3.63, 3.8) is 0 Å². The lowest BCUT2D eigenvalue weighted by Crippen LogP contribution is -2.66. The lowest BCUT2D eigenvalue weighted by atomic mass is 9.83.